The molecule has 1 unspecified atom stereocenters. The van der Waals surface area contributed by atoms with Crippen LogP contribution in [0.15, 0.2) is 6.07 Å². The van der Waals surface area contributed by atoms with E-state index in [1.165, 1.54) is 49.0 Å². The van der Waals surface area contributed by atoms with Crippen molar-refractivity contribution in [3.63, 3.8) is 0 Å². The van der Waals surface area contributed by atoms with Crippen LogP contribution in [0.5, 0.6) is 0 Å². The molecule has 4 saturated carbocycles. The maximum absolute atomic E-state index is 6.43. The summed E-state index contributed by atoms with van der Waals surface area (Å²) in [6.07, 6.45) is 7.31. The van der Waals surface area contributed by atoms with Crippen LogP contribution >= 0.6 is 34.5 Å². The van der Waals surface area contributed by atoms with Crippen LogP contribution in [0, 0.1) is 29.6 Å². The normalized spacial score (nSPS) is 40.2. The maximum Gasteiger partial charge on any atom is 0.0992 e. The van der Waals surface area contributed by atoms with Gasteiger partial charge in [-0.3, -0.25) is 0 Å². The van der Waals surface area contributed by atoms with Crippen molar-refractivity contribution < 1.29 is 0 Å². The lowest BCUT2D eigenvalue weighted by atomic mass is 9.50. The van der Waals surface area contributed by atoms with Crippen molar-refractivity contribution in [2.75, 3.05) is 7.05 Å². The summed E-state index contributed by atoms with van der Waals surface area (Å²) >= 11 is 14.1. The zero-order valence-corrected chi connectivity index (χ0v) is 14.1. The summed E-state index contributed by atoms with van der Waals surface area (Å²) in [6, 6.07) is 2.47. The predicted octanol–water partition coefficient (Wildman–Crippen LogP) is 5.39. The number of thiophene rings is 1. The third kappa shape index (κ3) is 2.15. The van der Waals surface area contributed by atoms with Crippen LogP contribution in [-0.4, -0.2) is 7.05 Å². The smallest absolute Gasteiger partial charge is 0.0992 e. The van der Waals surface area contributed by atoms with Crippen LogP contribution in [0.2, 0.25) is 8.67 Å². The second-order valence-electron chi connectivity index (χ2n) is 7.05. The summed E-state index contributed by atoms with van der Waals surface area (Å²) in [5, 5.41) is 3.56. The Morgan fingerprint density at radius 2 is 1.70 bits per heavy atom. The fourth-order valence-corrected chi connectivity index (χ4v) is 7.18. The molecule has 0 aliphatic heterocycles. The first kappa shape index (κ1) is 13.9. The highest BCUT2D eigenvalue weighted by Crippen LogP contribution is 2.60. The summed E-state index contributed by atoms with van der Waals surface area (Å²) in [4.78, 5) is 0. The van der Waals surface area contributed by atoms with E-state index in [1.807, 2.05) is 0 Å². The van der Waals surface area contributed by atoms with E-state index in [-0.39, 0.29) is 0 Å². The van der Waals surface area contributed by atoms with Crippen LogP contribution < -0.4 is 5.32 Å². The van der Waals surface area contributed by atoms with E-state index in [4.69, 9.17) is 23.2 Å². The minimum Gasteiger partial charge on any atom is -0.313 e. The van der Waals surface area contributed by atoms with Crippen LogP contribution in [-0.2, 0) is 0 Å². The van der Waals surface area contributed by atoms with Gasteiger partial charge < -0.3 is 5.32 Å². The second kappa shape index (κ2) is 5.15. The molecule has 110 valence electrons. The first-order valence-corrected chi connectivity index (χ1v) is 9.35. The Morgan fingerprint density at radius 3 is 2.15 bits per heavy atom. The Hall–Kier alpha value is 0.240. The molecule has 1 nitrogen and oxygen atoms in total. The van der Waals surface area contributed by atoms with Crippen molar-refractivity contribution in [1.29, 1.82) is 0 Å². The standard InChI is InChI=1S/C16H21Cl2NS/c1-19-15(12-7-13(17)20-16(12)18)14-10-3-8-2-9(5-10)6-11(14)4-8/h7-11,14-15,19H,2-6H2,1H3. The third-order valence-electron chi connectivity index (χ3n) is 6.01. The fraction of sp³-hybridized carbons (Fsp3) is 0.750. The van der Waals surface area contributed by atoms with Gasteiger partial charge in [-0.2, -0.15) is 0 Å². The Labute approximate surface area is 135 Å². The van der Waals surface area contributed by atoms with E-state index in [2.05, 4.69) is 18.4 Å². The highest BCUT2D eigenvalue weighted by atomic mass is 35.5. The van der Waals surface area contributed by atoms with Gasteiger partial charge >= 0.3 is 0 Å². The molecule has 4 bridgehead atoms. The average Bonchev–Trinajstić information content (AvgIpc) is 2.72. The molecule has 0 saturated heterocycles. The molecule has 4 heteroatoms. The van der Waals surface area contributed by atoms with Gasteiger partial charge in [0.15, 0.2) is 0 Å². The first-order chi connectivity index (χ1) is 9.65. The first-order valence-electron chi connectivity index (χ1n) is 7.77. The highest BCUT2D eigenvalue weighted by molar-refractivity contribution is 7.20. The van der Waals surface area contributed by atoms with Gasteiger partial charge in [-0.15, -0.1) is 11.3 Å². The Morgan fingerprint density at radius 1 is 1.10 bits per heavy atom. The lowest BCUT2D eigenvalue weighted by molar-refractivity contribution is -0.0514. The van der Waals surface area contributed by atoms with Gasteiger partial charge in [0.1, 0.15) is 0 Å². The van der Waals surface area contributed by atoms with Crippen LogP contribution in [0.4, 0.5) is 0 Å². The van der Waals surface area contributed by atoms with Gasteiger partial charge in [0.2, 0.25) is 0 Å². The SMILES string of the molecule is CNC(c1cc(Cl)sc1Cl)C1C2CC3CC(C2)CC1C3. The number of hydrogen-bond acceptors (Lipinski definition) is 2. The van der Waals surface area contributed by atoms with Gasteiger partial charge in [0.05, 0.1) is 8.67 Å². The molecule has 4 aliphatic rings. The number of halogens is 2. The van der Waals surface area contributed by atoms with Crippen molar-refractivity contribution >= 4 is 34.5 Å². The van der Waals surface area contributed by atoms with E-state index in [0.717, 1.165) is 38.3 Å². The van der Waals surface area contributed by atoms with E-state index in [0.29, 0.717) is 6.04 Å². The van der Waals surface area contributed by atoms with Gasteiger partial charge in [0, 0.05) is 11.6 Å². The van der Waals surface area contributed by atoms with E-state index in [1.54, 1.807) is 0 Å². The van der Waals surface area contributed by atoms with Crippen molar-refractivity contribution in [2.45, 2.75) is 38.1 Å². The van der Waals surface area contributed by atoms with Gasteiger partial charge in [-0.1, -0.05) is 23.2 Å². The van der Waals surface area contributed by atoms with Crippen LogP contribution in [0.3, 0.4) is 0 Å². The van der Waals surface area contributed by atoms with Crippen LogP contribution in [0.1, 0.15) is 43.7 Å². The predicted molar refractivity (Wildman–Crippen MR) is 86.7 cm³/mol. The largest absolute Gasteiger partial charge is 0.313 e. The van der Waals surface area contributed by atoms with Gasteiger partial charge in [0.25, 0.3) is 0 Å². The van der Waals surface area contributed by atoms with Gasteiger partial charge in [-0.25, -0.2) is 0 Å². The molecule has 5 rings (SSSR count). The van der Waals surface area contributed by atoms with E-state index < -0.39 is 0 Å². The zero-order chi connectivity index (χ0) is 13.9. The Kier molecular flexibility index (Phi) is 3.58. The molecule has 0 spiro atoms. The lowest BCUT2D eigenvalue weighted by Gasteiger charge is -2.56. The highest BCUT2D eigenvalue weighted by Gasteiger charge is 2.50. The molecule has 20 heavy (non-hydrogen) atoms. The number of rotatable bonds is 3. The molecule has 0 aromatic carbocycles. The minimum atomic E-state index is 0.390. The molecular formula is C16H21Cl2NS. The summed E-state index contributed by atoms with van der Waals surface area (Å²) in [7, 11) is 2.08. The van der Waals surface area contributed by atoms with Gasteiger partial charge in [-0.05, 0) is 74.8 Å². The lowest BCUT2D eigenvalue weighted by Crippen LogP contribution is -2.49. The van der Waals surface area contributed by atoms with Crippen molar-refractivity contribution in [3.8, 4) is 0 Å². The van der Waals surface area contributed by atoms with Crippen molar-refractivity contribution in [2.24, 2.45) is 29.6 Å². The Balaban J connectivity index is 1.66. The second-order valence-corrected chi connectivity index (χ2v) is 9.34. The maximum atomic E-state index is 6.43. The molecule has 4 fully saturated rings. The van der Waals surface area contributed by atoms with Crippen LogP contribution in [0.25, 0.3) is 0 Å². The van der Waals surface area contributed by atoms with Crippen molar-refractivity contribution in [3.05, 3.63) is 20.3 Å². The zero-order valence-electron chi connectivity index (χ0n) is 11.7. The monoisotopic (exact) mass is 329 g/mol. The minimum absolute atomic E-state index is 0.390. The molecule has 1 heterocycles. The summed E-state index contributed by atoms with van der Waals surface area (Å²) in [5.74, 6) is 4.61. The molecule has 0 radical (unpaired) electrons. The Bertz CT molecular complexity index is 485. The molecule has 1 atom stereocenters. The molecule has 1 aromatic rings. The fourth-order valence-electron chi connectivity index (χ4n) is 5.63. The van der Waals surface area contributed by atoms with E-state index in [9.17, 15) is 0 Å². The van der Waals surface area contributed by atoms with E-state index >= 15 is 0 Å². The topological polar surface area (TPSA) is 12.0 Å². The molecule has 4 aliphatic carbocycles. The summed E-state index contributed by atoms with van der Waals surface area (Å²) in [5.41, 5.74) is 1.24. The average molecular weight is 330 g/mol. The summed E-state index contributed by atoms with van der Waals surface area (Å²) < 4.78 is 1.69. The molecule has 1 aromatic heterocycles. The summed E-state index contributed by atoms with van der Waals surface area (Å²) in [6.45, 7) is 0. The quantitative estimate of drug-likeness (QED) is 0.784. The number of nitrogens with one attached hydrogen (secondary N) is 1. The molecule has 1 N–H and O–H groups in total. The molecular weight excluding hydrogens is 309 g/mol. The third-order valence-corrected chi connectivity index (χ3v) is 7.53. The number of hydrogen-bond donors (Lipinski definition) is 1. The molecule has 0 amide bonds. The van der Waals surface area contributed by atoms with Crippen molar-refractivity contribution in [1.82, 2.24) is 5.32 Å².